The molecule has 20 heavy (non-hydrogen) atoms. The number of nitro groups is 1. The lowest BCUT2D eigenvalue weighted by Crippen LogP contribution is -2.40. The highest BCUT2D eigenvalue weighted by atomic mass is 32.2. The van der Waals surface area contributed by atoms with Crippen LogP contribution in [-0.4, -0.2) is 45.8 Å². The molecule has 0 saturated heterocycles. The number of nitro benzene ring substituents is 1. The Bertz CT molecular complexity index is 462. The van der Waals surface area contributed by atoms with Gasteiger partial charge in [-0.2, -0.15) is 0 Å². The summed E-state index contributed by atoms with van der Waals surface area (Å²) in [5, 5.41) is 19.5. The van der Waals surface area contributed by atoms with Gasteiger partial charge in [-0.1, -0.05) is 0 Å². The van der Waals surface area contributed by atoms with Gasteiger partial charge in [0.2, 0.25) is 5.91 Å². The molecule has 0 atom stereocenters. The molecule has 0 bridgehead atoms. The minimum atomic E-state index is -0.457. The second-order valence-electron chi connectivity index (χ2n) is 4.44. The molecule has 0 aromatic heterocycles. The summed E-state index contributed by atoms with van der Waals surface area (Å²) in [6.45, 7) is 4.04. The Morgan fingerprint density at radius 2 is 2.00 bits per heavy atom. The summed E-state index contributed by atoms with van der Waals surface area (Å²) in [7, 11) is 0. The second-order valence-corrected chi connectivity index (χ2v) is 5.49. The van der Waals surface area contributed by atoms with Gasteiger partial charge in [0, 0.05) is 29.6 Å². The molecular formula is C13H18N2O4S. The van der Waals surface area contributed by atoms with Crippen LogP contribution in [0, 0.1) is 10.1 Å². The number of benzene rings is 1. The Labute approximate surface area is 121 Å². The highest BCUT2D eigenvalue weighted by Gasteiger charge is 2.16. The molecule has 0 aliphatic heterocycles. The summed E-state index contributed by atoms with van der Waals surface area (Å²) >= 11 is 1.33. The topological polar surface area (TPSA) is 83.7 Å². The van der Waals surface area contributed by atoms with Gasteiger partial charge in [-0.25, -0.2) is 0 Å². The number of non-ortho nitro benzene ring substituents is 1. The first kappa shape index (κ1) is 16.5. The van der Waals surface area contributed by atoms with Crippen molar-refractivity contribution in [3.05, 3.63) is 34.4 Å². The summed E-state index contributed by atoms with van der Waals surface area (Å²) in [6.07, 6.45) is 0. The third-order valence-corrected chi connectivity index (χ3v) is 3.69. The number of carbonyl (C=O) groups is 1. The molecule has 1 rings (SSSR count). The molecule has 1 N–H and O–H groups in total. The Balaban J connectivity index is 2.57. The van der Waals surface area contributed by atoms with E-state index in [1.165, 1.54) is 23.9 Å². The van der Waals surface area contributed by atoms with E-state index >= 15 is 0 Å². The van der Waals surface area contributed by atoms with E-state index in [4.69, 9.17) is 5.11 Å². The predicted octanol–water partition coefficient (Wildman–Crippen LogP) is 1.92. The van der Waals surface area contributed by atoms with E-state index in [2.05, 4.69) is 0 Å². The Hall–Kier alpha value is -1.60. The largest absolute Gasteiger partial charge is 0.395 e. The lowest BCUT2D eigenvalue weighted by atomic mass is 10.3. The summed E-state index contributed by atoms with van der Waals surface area (Å²) in [6, 6.07) is 6.12. The van der Waals surface area contributed by atoms with Crippen LogP contribution in [0.5, 0.6) is 0 Å². The van der Waals surface area contributed by atoms with E-state index in [0.29, 0.717) is 6.54 Å². The molecule has 0 heterocycles. The SMILES string of the molecule is CC(C)N(CCO)C(=O)CSc1ccc([N+](=O)[O-])cc1. The molecule has 0 aliphatic carbocycles. The van der Waals surface area contributed by atoms with Crippen LogP contribution in [0.4, 0.5) is 5.69 Å². The van der Waals surface area contributed by atoms with E-state index in [1.54, 1.807) is 17.0 Å². The Morgan fingerprint density at radius 3 is 2.45 bits per heavy atom. The van der Waals surface area contributed by atoms with Crippen LogP contribution in [0.2, 0.25) is 0 Å². The number of rotatable bonds is 7. The molecule has 0 unspecified atom stereocenters. The van der Waals surface area contributed by atoms with Gasteiger partial charge in [0.1, 0.15) is 0 Å². The van der Waals surface area contributed by atoms with Crippen molar-refractivity contribution in [3.8, 4) is 0 Å². The zero-order valence-electron chi connectivity index (χ0n) is 11.5. The molecule has 1 amide bonds. The molecule has 0 aliphatic rings. The molecule has 0 spiro atoms. The third-order valence-electron chi connectivity index (χ3n) is 2.69. The number of nitrogens with zero attached hydrogens (tertiary/aromatic N) is 2. The molecule has 0 fully saturated rings. The van der Waals surface area contributed by atoms with Crippen molar-refractivity contribution in [1.82, 2.24) is 4.90 Å². The van der Waals surface area contributed by atoms with Crippen LogP contribution in [0.15, 0.2) is 29.2 Å². The van der Waals surface area contributed by atoms with Crippen LogP contribution in [0.25, 0.3) is 0 Å². The smallest absolute Gasteiger partial charge is 0.269 e. The van der Waals surface area contributed by atoms with Gasteiger partial charge >= 0.3 is 0 Å². The molecule has 1 aromatic rings. The third kappa shape index (κ3) is 4.82. The van der Waals surface area contributed by atoms with Crippen LogP contribution < -0.4 is 0 Å². The fourth-order valence-corrected chi connectivity index (χ4v) is 2.46. The fourth-order valence-electron chi connectivity index (χ4n) is 1.67. The van der Waals surface area contributed by atoms with Crippen molar-refractivity contribution < 1.29 is 14.8 Å². The standard InChI is InChI=1S/C13H18N2O4S/c1-10(2)14(7-8-16)13(17)9-20-12-5-3-11(4-6-12)15(18)19/h3-6,10,16H,7-9H2,1-2H3. The molecule has 0 saturated carbocycles. The lowest BCUT2D eigenvalue weighted by molar-refractivity contribution is -0.384. The average molecular weight is 298 g/mol. The number of aliphatic hydroxyl groups excluding tert-OH is 1. The molecule has 0 radical (unpaired) electrons. The maximum Gasteiger partial charge on any atom is 0.269 e. The van der Waals surface area contributed by atoms with Crippen molar-refractivity contribution in [2.75, 3.05) is 18.9 Å². The van der Waals surface area contributed by atoms with Crippen molar-refractivity contribution in [2.45, 2.75) is 24.8 Å². The summed E-state index contributed by atoms with van der Waals surface area (Å²) in [5.74, 6) is 0.188. The minimum Gasteiger partial charge on any atom is -0.395 e. The first-order chi connectivity index (χ1) is 9.45. The predicted molar refractivity (Wildman–Crippen MR) is 77.8 cm³/mol. The fraction of sp³-hybridized carbons (Fsp3) is 0.462. The molecule has 110 valence electrons. The number of amides is 1. The minimum absolute atomic E-state index is 0.0322. The van der Waals surface area contributed by atoms with Crippen LogP contribution in [-0.2, 0) is 4.79 Å². The molecule has 1 aromatic carbocycles. The van der Waals surface area contributed by atoms with Crippen molar-refractivity contribution >= 4 is 23.4 Å². The van der Waals surface area contributed by atoms with Gasteiger partial charge in [-0.15, -0.1) is 11.8 Å². The number of hydrogen-bond acceptors (Lipinski definition) is 5. The summed E-state index contributed by atoms with van der Waals surface area (Å²) in [5.41, 5.74) is 0.0322. The number of hydrogen-bond donors (Lipinski definition) is 1. The second kappa shape index (κ2) is 7.86. The average Bonchev–Trinajstić information content (AvgIpc) is 2.42. The quantitative estimate of drug-likeness (QED) is 0.472. The highest BCUT2D eigenvalue weighted by molar-refractivity contribution is 8.00. The highest BCUT2D eigenvalue weighted by Crippen LogP contribution is 2.21. The van der Waals surface area contributed by atoms with E-state index < -0.39 is 4.92 Å². The Morgan fingerprint density at radius 1 is 1.40 bits per heavy atom. The Kier molecular flexibility index (Phi) is 6.47. The van der Waals surface area contributed by atoms with Gasteiger partial charge < -0.3 is 10.0 Å². The summed E-state index contributed by atoms with van der Waals surface area (Å²) < 4.78 is 0. The maximum absolute atomic E-state index is 12.0. The molecular weight excluding hydrogens is 280 g/mol. The number of thioether (sulfide) groups is 1. The van der Waals surface area contributed by atoms with Gasteiger partial charge in [0.15, 0.2) is 0 Å². The van der Waals surface area contributed by atoms with E-state index in [0.717, 1.165) is 4.90 Å². The zero-order valence-corrected chi connectivity index (χ0v) is 12.3. The van der Waals surface area contributed by atoms with Gasteiger partial charge in [-0.3, -0.25) is 14.9 Å². The van der Waals surface area contributed by atoms with Gasteiger partial charge in [0.25, 0.3) is 5.69 Å². The lowest BCUT2D eigenvalue weighted by Gasteiger charge is -2.25. The monoisotopic (exact) mass is 298 g/mol. The molecule has 6 nitrogen and oxygen atoms in total. The number of aliphatic hydroxyl groups is 1. The molecule has 7 heteroatoms. The van der Waals surface area contributed by atoms with Gasteiger partial charge in [0.05, 0.1) is 17.3 Å². The van der Waals surface area contributed by atoms with Crippen LogP contribution >= 0.6 is 11.8 Å². The zero-order chi connectivity index (χ0) is 15.1. The van der Waals surface area contributed by atoms with Crippen LogP contribution in [0.1, 0.15) is 13.8 Å². The van der Waals surface area contributed by atoms with E-state index in [1.807, 2.05) is 13.8 Å². The van der Waals surface area contributed by atoms with Crippen molar-refractivity contribution in [1.29, 1.82) is 0 Å². The van der Waals surface area contributed by atoms with Crippen LogP contribution in [0.3, 0.4) is 0 Å². The summed E-state index contributed by atoms with van der Waals surface area (Å²) in [4.78, 5) is 24.5. The first-order valence-electron chi connectivity index (χ1n) is 6.23. The van der Waals surface area contributed by atoms with Crippen molar-refractivity contribution in [3.63, 3.8) is 0 Å². The van der Waals surface area contributed by atoms with Gasteiger partial charge in [-0.05, 0) is 26.0 Å². The van der Waals surface area contributed by atoms with E-state index in [-0.39, 0.29) is 30.0 Å². The van der Waals surface area contributed by atoms with Crippen molar-refractivity contribution in [2.24, 2.45) is 0 Å². The van der Waals surface area contributed by atoms with E-state index in [9.17, 15) is 14.9 Å². The normalized spacial score (nSPS) is 10.6. The number of carbonyl (C=O) groups excluding carboxylic acids is 1. The first-order valence-corrected chi connectivity index (χ1v) is 7.22. The maximum atomic E-state index is 12.0.